The van der Waals surface area contributed by atoms with E-state index in [0.717, 1.165) is 0 Å². The highest BCUT2D eigenvalue weighted by molar-refractivity contribution is 6.10. The molecular formula is C13H20N2O4. The molecule has 0 spiro atoms. The molecule has 1 saturated heterocycles. The van der Waals surface area contributed by atoms with Crippen LogP contribution in [-0.2, 0) is 14.4 Å². The van der Waals surface area contributed by atoms with Gasteiger partial charge in [-0.15, -0.1) is 0 Å². The van der Waals surface area contributed by atoms with Crippen molar-refractivity contribution in [1.82, 2.24) is 4.90 Å². The van der Waals surface area contributed by atoms with Gasteiger partial charge in [0.2, 0.25) is 11.8 Å². The van der Waals surface area contributed by atoms with Gasteiger partial charge in [-0.05, 0) is 25.2 Å². The van der Waals surface area contributed by atoms with Crippen molar-refractivity contribution in [1.29, 1.82) is 0 Å². The summed E-state index contributed by atoms with van der Waals surface area (Å²) >= 11 is 0. The molecule has 1 aliphatic heterocycles. The van der Waals surface area contributed by atoms with Crippen molar-refractivity contribution in [2.45, 2.75) is 39.2 Å². The summed E-state index contributed by atoms with van der Waals surface area (Å²) < 4.78 is 0. The van der Waals surface area contributed by atoms with Crippen LogP contribution < -0.4 is 5.73 Å². The van der Waals surface area contributed by atoms with Crippen molar-refractivity contribution in [3.8, 4) is 0 Å². The molecule has 106 valence electrons. The molecule has 2 rings (SSSR count). The number of hydrogen-bond donors (Lipinski definition) is 2. The Morgan fingerprint density at radius 2 is 1.84 bits per heavy atom. The van der Waals surface area contributed by atoms with Gasteiger partial charge in [0.25, 0.3) is 0 Å². The average Bonchev–Trinajstić information content (AvgIpc) is 2.74. The van der Waals surface area contributed by atoms with Gasteiger partial charge in [0, 0.05) is 6.54 Å². The number of amides is 2. The molecule has 1 saturated carbocycles. The first-order valence-electron chi connectivity index (χ1n) is 6.48. The summed E-state index contributed by atoms with van der Waals surface area (Å²) in [5, 5.41) is 8.88. The molecule has 0 aromatic heterocycles. The predicted octanol–water partition coefficient (Wildman–Crippen LogP) is 0.210. The molecule has 0 aromatic rings. The van der Waals surface area contributed by atoms with Gasteiger partial charge in [0.15, 0.2) is 0 Å². The van der Waals surface area contributed by atoms with Crippen LogP contribution in [0.4, 0.5) is 0 Å². The number of likely N-dealkylation sites (tertiary alicyclic amines) is 1. The highest BCUT2D eigenvalue weighted by atomic mass is 16.4. The fourth-order valence-electron chi connectivity index (χ4n) is 2.94. The molecule has 1 heterocycles. The largest absolute Gasteiger partial charge is 0.480 e. The third kappa shape index (κ3) is 2.04. The molecule has 6 nitrogen and oxygen atoms in total. The molecule has 3 N–H and O–H groups in total. The molecule has 2 amide bonds. The Morgan fingerprint density at radius 3 is 2.26 bits per heavy atom. The van der Waals surface area contributed by atoms with Crippen molar-refractivity contribution in [3.63, 3.8) is 0 Å². The fraction of sp³-hybridized carbons (Fsp3) is 0.769. The highest BCUT2D eigenvalue weighted by Gasteiger charge is 2.72. The topological polar surface area (TPSA) is 101 Å². The maximum atomic E-state index is 12.0. The summed E-state index contributed by atoms with van der Waals surface area (Å²) in [5.74, 6) is -1.66. The van der Waals surface area contributed by atoms with Crippen LogP contribution in [0, 0.1) is 17.3 Å². The van der Waals surface area contributed by atoms with Gasteiger partial charge in [-0.2, -0.15) is 0 Å². The number of fused-ring (bicyclic) bond motifs is 1. The average molecular weight is 268 g/mol. The van der Waals surface area contributed by atoms with E-state index in [1.54, 1.807) is 0 Å². The van der Waals surface area contributed by atoms with E-state index in [-0.39, 0.29) is 42.0 Å². The van der Waals surface area contributed by atoms with Crippen LogP contribution in [0.5, 0.6) is 0 Å². The van der Waals surface area contributed by atoms with Crippen LogP contribution in [0.25, 0.3) is 0 Å². The summed E-state index contributed by atoms with van der Waals surface area (Å²) in [4.78, 5) is 36.2. The highest BCUT2D eigenvalue weighted by Crippen LogP contribution is 2.63. The lowest BCUT2D eigenvalue weighted by atomic mass is 9.97. The second-order valence-corrected chi connectivity index (χ2v) is 6.43. The number of carboxylic acid groups (broad SMARTS) is 1. The number of carboxylic acids is 1. The zero-order valence-corrected chi connectivity index (χ0v) is 11.5. The van der Waals surface area contributed by atoms with Crippen molar-refractivity contribution in [2.75, 3.05) is 6.54 Å². The third-order valence-electron chi connectivity index (χ3n) is 4.46. The first-order chi connectivity index (χ1) is 8.60. The van der Waals surface area contributed by atoms with E-state index in [2.05, 4.69) is 0 Å². The van der Waals surface area contributed by atoms with Gasteiger partial charge in [0.1, 0.15) is 5.54 Å². The Labute approximate surface area is 111 Å². The van der Waals surface area contributed by atoms with Gasteiger partial charge in [0.05, 0.1) is 11.8 Å². The quantitative estimate of drug-likeness (QED) is 0.694. The number of aliphatic carboxylic acids is 1. The number of nitrogens with zero attached hydrogens (tertiary/aromatic N) is 1. The van der Waals surface area contributed by atoms with Crippen LogP contribution in [0.2, 0.25) is 0 Å². The smallest absolute Gasteiger partial charge is 0.323 e. The maximum Gasteiger partial charge on any atom is 0.323 e. The maximum absolute atomic E-state index is 12.0. The normalized spacial score (nSPS) is 31.1. The zero-order valence-electron chi connectivity index (χ0n) is 11.5. The molecule has 3 atom stereocenters. The van der Waals surface area contributed by atoms with Gasteiger partial charge >= 0.3 is 5.97 Å². The number of piperidine rings is 1. The number of carbonyl (C=O) groups is 3. The van der Waals surface area contributed by atoms with Crippen LogP contribution in [0.1, 0.15) is 33.6 Å². The Morgan fingerprint density at radius 1 is 1.37 bits per heavy atom. The van der Waals surface area contributed by atoms with Crippen molar-refractivity contribution in [2.24, 2.45) is 23.0 Å². The molecular weight excluding hydrogens is 248 g/mol. The minimum Gasteiger partial charge on any atom is -0.480 e. The van der Waals surface area contributed by atoms with E-state index in [1.807, 2.05) is 13.8 Å². The van der Waals surface area contributed by atoms with Crippen LogP contribution in [0.3, 0.4) is 0 Å². The molecule has 0 radical (unpaired) electrons. The minimum absolute atomic E-state index is 0.117. The van der Waals surface area contributed by atoms with E-state index >= 15 is 0 Å². The molecule has 6 heteroatoms. The minimum atomic E-state index is -1.31. The van der Waals surface area contributed by atoms with E-state index in [0.29, 0.717) is 6.42 Å². The van der Waals surface area contributed by atoms with Crippen molar-refractivity contribution < 1.29 is 19.5 Å². The van der Waals surface area contributed by atoms with E-state index in [4.69, 9.17) is 10.8 Å². The van der Waals surface area contributed by atoms with Crippen molar-refractivity contribution in [3.05, 3.63) is 0 Å². The monoisotopic (exact) mass is 268 g/mol. The molecule has 1 aliphatic carbocycles. The Kier molecular flexibility index (Phi) is 2.97. The summed E-state index contributed by atoms with van der Waals surface area (Å²) in [7, 11) is 0. The van der Waals surface area contributed by atoms with Crippen LogP contribution in [0.15, 0.2) is 0 Å². The standard InChI is InChI=1S/C13H20N2O4/c1-12(2)7-8(12)10(17)15(9(7)16)6-4-5-13(3,14)11(18)19/h7-8H,4-6,14H2,1-3H3,(H,18,19). The number of carbonyl (C=O) groups excluding carboxylic acids is 2. The van der Waals surface area contributed by atoms with Gasteiger partial charge < -0.3 is 10.8 Å². The Hall–Kier alpha value is -1.43. The molecule has 3 unspecified atom stereocenters. The SMILES string of the molecule is CC(N)(CCCN1C(=O)C2C(C1=O)C2(C)C)C(=O)O. The summed E-state index contributed by atoms with van der Waals surface area (Å²) in [5.41, 5.74) is 4.09. The molecule has 0 bridgehead atoms. The lowest BCUT2D eigenvalue weighted by Crippen LogP contribution is -2.45. The van der Waals surface area contributed by atoms with E-state index < -0.39 is 11.5 Å². The molecule has 2 aliphatic rings. The molecule has 19 heavy (non-hydrogen) atoms. The molecule has 2 fully saturated rings. The lowest BCUT2D eigenvalue weighted by Gasteiger charge is -2.23. The van der Waals surface area contributed by atoms with Gasteiger partial charge in [-0.25, -0.2) is 0 Å². The number of nitrogens with two attached hydrogens (primary N) is 1. The number of imide groups is 1. The molecule has 0 aromatic carbocycles. The third-order valence-corrected chi connectivity index (χ3v) is 4.46. The Bertz CT molecular complexity index is 432. The first kappa shape index (κ1) is 14.0. The summed E-state index contributed by atoms with van der Waals surface area (Å²) in [6.07, 6.45) is 0.648. The second-order valence-electron chi connectivity index (χ2n) is 6.43. The van der Waals surface area contributed by atoms with Gasteiger partial charge in [-0.3, -0.25) is 19.3 Å². The first-order valence-corrected chi connectivity index (χ1v) is 6.48. The second kappa shape index (κ2) is 4.03. The number of hydrogen-bond acceptors (Lipinski definition) is 4. The van der Waals surface area contributed by atoms with Crippen LogP contribution in [-0.4, -0.2) is 39.9 Å². The Balaban J connectivity index is 1.88. The zero-order chi connectivity index (χ0) is 14.6. The van der Waals surface area contributed by atoms with Crippen molar-refractivity contribution >= 4 is 17.8 Å². The summed E-state index contributed by atoms with van der Waals surface area (Å²) in [6.45, 7) is 5.55. The van der Waals surface area contributed by atoms with E-state index in [9.17, 15) is 14.4 Å². The lowest BCUT2D eigenvalue weighted by molar-refractivity contribution is -0.143. The number of rotatable bonds is 5. The summed E-state index contributed by atoms with van der Waals surface area (Å²) in [6, 6.07) is 0. The van der Waals surface area contributed by atoms with Crippen LogP contribution >= 0.6 is 0 Å². The van der Waals surface area contributed by atoms with E-state index in [1.165, 1.54) is 11.8 Å². The predicted molar refractivity (Wildman–Crippen MR) is 66.9 cm³/mol. The van der Waals surface area contributed by atoms with Gasteiger partial charge in [-0.1, -0.05) is 13.8 Å². The fourth-order valence-corrected chi connectivity index (χ4v) is 2.94.